The second-order valence-electron chi connectivity index (χ2n) is 3.58. The van der Waals surface area contributed by atoms with Crippen molar-refractivity contribution in [2.45, 2.75) is 5.50 Å². The van der Waals surface area contributed by atoms with Crippen LogP contribution in [-0.4, -0.2) is 41.2 Å². The van der Waals surface area contributed by atoms with Gasteiger partial charge in [0.1, 0.15) is 11.3 Å². The standard InChI is InChI=1S/C10H12ClN3O2/c11-8-6-14(4-3-12-8)9-2-1-7(5-13-9)10(15)16/h1-2,5,8,12H,3-4,6H2,(H,15,16). The third-order valence-electron chi connectivity index (χ3n) is 2.45. The fourth-order valence-corrected chi connectivity index (χ4v) is 1.89. The summed E-state index contributed by atoms with van der Waals surface area (Å²) in [6.45, 7) is 2.29. The third kappa shape index (κ3) is 2.43. The van der Waals surface area contributed by atoms with Crippen LogP contribution in [0, 0.1) is 0 Å². The maximum absolute atomic E-state index is 10.7. The molecular weight excluding hydrogens is 230 g/mol. The molecule has 2 N–H and O–H groups in total. The summed E-state index contributed by atoms with van der Waals surface area (Å²) in [4.78, 5) is 16.8. The zero-order valence-electron chi connectivity index (χ0n) is 8.56. The fourth-order valence-electron chi connectivity index (χ4n) is 1.61. The van der Waals surface area contributed by atoms with E-state index in [1.807, 2.05) is 4.90 Å². The van der Waals surface area contributed by atoms with Gasteiger partial charge in [-0.3, -0.25) is 5.32 Å². The minimum absolute atomic E-state index is 0.0882. The molecule has 0 spiro atoms. The maximum Gasteiger partial charge on any atom is 0.337 e. The molecule has 5 nitrogen and oxygen atoms in total. The summed E-state index contributed by atoms with van der Waals surface area (Å²) in [5.74, 6) is -0.202. The van der Waals surface area contributed by atoms with Gasteiger partial charge in [-0.1, -0.05) is 0 Å². The first-order valence-electron chi connectivity index (χ1n) is 4.98. The van der Waals surface area contributed by atoms with Crippen LogP contribution in [0.25, 0.3) is 0 Å². The van der Waals surface area contributed by atoms with Crippen molar-refractivity contribution in [2.24, 2.45) is 0 Å². The highest BCUT2D eigenvalue weighted by atomic mass is 35.5. The molecular formula is C10H12ClN3O2. The number of carbonyl (C=O) groups is 1. The molecule has 1 aliphatic rings. The summed E-state index contributed by atoms with van der Waals surface area (Å²) in [6.07, 6.45) is 1.36. The van der Waals surface area contributed by atoms with Crippen molar-refractivity contribution in [3.05, 3.63) is 23.9 Å². The van der Waals surface area contributed by atoms with Crippen LogP contribution in [0.15, 0.2) is 18.3 Å². The van der Waals surface area contributed by atoms with Gasteiger partial charge in [0.2, 0.25) is 0 Å². The van der Waals surface area contributed by atoms with Crippen molar-refractivity contribution < 1.29 is 9.90 Å². The predicted octanol–water partition coefficient (Wildman–Crippen LogP) is 0.754. The Morgan fingerprint density at radius 1 is 1.62 bits per heavy atom. The van der Waals surface area contributed by atoms with Gasteiger partial charge in [0.15, 0.2) is 0 Å². The molecule has 1 aliphatic heterocycles. The van der Waals surface area contributed by atoms with E-state index in [0.29, 0.717) is 6.54 Å². The number of carboxylic acid groups (broad SMARTS) is 1. The van der Waals surface area contributed by atoms with E-state index in [0.717, 1.165) is 18.9 Å². The average Bonchev–Trinajstić information content (AvgIpc) is 2.29. The molecule has 2 rings (SSSR count). The zero-order chi connectivity index (χ0) is 11.5. The Kier molecular flexibility index (Phi) is 3.26. The van der Waals surface area contributed by atoms with Gasteiger partial charge in [-0.25, -0.2) is 9.78 Å². The lowest BCUT2D eigenvalue weighted by Gasteiger charge is -2.31. The van der Waals surface area contributed by atoms with Crippen molar-refractivity contribution >= 4 is 23.4 Å². The first-order chi connectivity index (χ1) is 7.66. The van der Waals surface area contributed by atoms with Crippen LogP contribution in [-0.2, 0) is 0 Å². The number of pyridine rings is 1. The third-order valence-corrected chi connectivity index (χ3v) is 2.74. The van der Waals surface area contributed by atoms with Crippen LogP contribution in [0.2, 0.25) is 0 Å². The first-order valence-corrected chi connectivity index (χ1v) is 5.42. The Morgan fingerprint density at radius 2 is 2.44 bits per heavy atom. The van der Waals surface area contributed by atoms with Gasteiger partial charge in [-0.05, 0) is 12.1 Å². The maximum atomic E-state index is 10.7. The van der Waals surface area contributed by atoms with Crippen LogP contribution in [0.4, 0.5) is 5.82 Å². The van der Waals surface area contributed by atoms with Gasteiger partial charge in [-0.2, -0.15) is 0 Å². The number of anilines is 1. The van der Waals surface area contributed by atoms with Gasteiger partial charge in [0, 0.05) is 25.8 Å². The van der Waals surface area contributed by atoms with Crippen molar-refractivity contribution in [1.29, 1.82) is 0 Å². The summed E-state index contributed by atoms with van der Waals surface area (Å²) in [5.41, 5.74) is 0.107. The van der Waals surface area contributed by atoms with Gasteiger partial charge in [-0.15, -0.1) is 11.6 Å². The van der Waals surface area contributed by atoms with Crippen LogP contribution in [0.5, 0.6) is 0 Å². The molecule has 0 radical (unpaired) electrons. The van der Waals surface area contributed by atoms with E-state index in [2.05, 4.69) is 10.3 Å². The second kappa shape index (κ2) is 4.67. The fraction of sp³-hybridized carbons (Fsp3) is 0.400. The molecule has 0 bridgehead atoms. The summed E-state index contributed by atoms with van der Waals surface area (Å²) in [6, 6.07) is 3.26. The van der Waals surface area contributed by atoms with Crippen LogP contribution < -0.4 is 10.2 Å². The second-order valence-corrected chi connectivity index (χ2v) is 4.10. The Labute approximate surface area is 98.0 Å². The van der Waals surface area contributed by atoms with E-state index in [1.54, 1.807) is 12.1 Å². The molecule has 0 aromatic carbocycles. The minimum Gasteiger partial charge on any atom is -0.478 e. The largest absolute Gasteiger partial charge is 0.478 e. The van der Waals surface area contributed by atoms with Crippen LogP contribution >= 0.6 is 11.6 Å². The van der Waals surface area contributed by atoms with Crippen molar-refractivity contribution in [1.82, 2.24) is 10.3 Å². The van der Waals surface area contributed by atoms with E-state index in [1.165, 1.54) is 6.20 Å². The number of hydrogen-bond donors (Lipinski definition) is 2. The number of nitrogens with one attached hydrogen (secondary N) is 1. The van der Waals surface area contributed by atoms with Crippen molar-refractivity contribution in [3.63, 3.8) is 0 Å². The Bertz CT molecular complexity index is 382. The number of piperazine rings is 1. The normalized spacial score (nSPS) is 20.8. The molecule has 2 heterocycles. The SMILES string of the molecule is O=C(O)c1ccc(N2CCNC(Cl)C2)nc1. The van der Waals surface area contributed by atoms with Gasteiger partial charge in [0.05, 0.1) is 5.56 Å². The summed E-state index contributed by atoms with van der Waals surface area (Å²) in [7, 11) is 0. The Morgan fingerprint density at radius 3 is 3.00 bits per heavy atom. The molecule has 16 heavy (non-hydrogen) atoms. The molecule has 1 fully saturated rings. The predicted molar refractivity (Wildman–Crippen MR) is 61.1 cm³/mol. The molecule has 1 saturated heterocycles. The van der Waals surface area contributed by atoms with Gasteiger partial charge in [0.25, 0.3) is 0 Å². The summed E-state index contributed by atoms with van der Waals surface area (Å²) < 4.78 is 0. The first kappa shape index (κ1) is 11.2. The lowest BCUT2D eigenvalue weighted by atomic mass is 10.2. The Balaban J connectivity index is 2.11. The molecule has 0 aliphatic carbocycles. The Hall–Kier alpha value is -1.33. The monoisotopic (exact) mass is 241 g/mol. The van der Waals surface area contributed by atoms with Crippen molar-refractivity contribution in [2.75, 3.05) is 24.5 Å². The zero-order valence-corrected chi connectivity index (χ0v) is 9.31. The highest BCUT2D eigenvalue weighted by Gasteiger charge is 2.18. The molecule has 1 unspecified atom stereocenters. The lowest BCUT2D eigenvalue weighted by Crippen LogP contribution is -2.48. The lowest BCUT2D eigenvalue weighted by molar-refractivity contribution is 0.0696. The number of aromatic carboxylic acids is 1. The van der Waals surface area contributed by atoms with Gasteiger partial charge < -0.3 is 10.0 Å². The molecule has 0 saturated carbocycles. The van der Waals surface area contributed by atoms with Crippen LogP contribution in [0.1, 0.15) is 10.4 Å². The molecule has 0 amide bonds. The number of hydrogen-bond acceptors (Lipinski definition) is 4. The molecule has 86 valence electrons. The van der Waals surface area contributed by atoms with E-state index in [9.17, 15) is 4.79 Å². The highest BCUT2D eigenvalue weighted by molar-refractivity contribution is 6.20. The molecule has 6 heteroatoms. The number of halogens is 1. The van der Waals surface area contributed by atoms with E-state index in [-0.39, 0.29) is 11.1 Å². The number of nitrogens with zero attached hydrogens (tertiary/aromatic N) is 2. The topological polar surface area (TPSA) is 65.5 Å². The molecule has 1 aromatic heterocycles. The molecule has 1 aromatic rings. The summed E-state index contributed by atoms with van der Waals surface area (Å²) in [5, 5.41) is 11.9. The number of rotatable bonds is 2. The van der Waals surface area contributed by atoms with E-state index in [4.69, 9.17) is 16.7 Å². The minimum atomic E-state index is -0.963. The average molecular weight is 242 g/mol. The van der Waals surface area contributed by atoms with Crippen LogP contribution in [0.3, 0.4) is 0 Å². The number of carboxylic acids is 1. The van der Waals surface area contributed by atoms with E-state index >= 15 is 0 Å². The number of alkyl halides is 1. The quantitative estimate of drug-likeness (QED) is 0.591. The highest BCUT2D eigenvalue weighted by Crippen LogP contribution is 2.14. The smallest absolute Gasteiger partial charge is 0.337 e. The molecule has 1 atom stereocenters. The van der Waals surface area contributed by atoms with Gasteiger partial charge >= 0.3 is 5.97 Å². The summed E-state index contributed by atoms with van der Waals surface area (Å²) >= 11 is 5.97. The van der Waals surface area contributed by atoms with E-state index < -0.39 is 5.97 Å². The number of aromatic nitrogens is 1. The van der Waals surface area contributed by atoms with Crippen molar-refractivity contribution in [3.8, 4) is 0 Å².